The van der Waals surface area contributed by atoms with E-state index in [1.807, 2.05) is 30.7 Å². The molecule has 1 N–H and O–H groups in total. The summed E-state index contributed by atoms with van der Waals surface area (Å²) in [5, 5.41) is 3.87. The lowest BCUT2D eigenvalue weighted by atomic mass is 10.4. The highest BCUT2D eigenvalue weighted by Gasteiger charge is 2.06. The van der Waals surface area contributed by atoms with E-state index in [1.54, 1.807) is 18.3 Å². The van der Waals surface area contributed by atoms with Gasteiger partial charge in [-0.15, -0.1) is 0 Å². The predicted molar refractivity (Wildman–Crippen MR) is 63.9 cm³/mol. The van der Waals surface area contributed by atoms with Crippen LogP contribution < -0.4 is 5.43 Å². The number of nitrogens with one attached hydrogen (secondary N) is 1. The fourth-order valence-electron chi connectivity index (χ4n) is 1.38. The van der Waals surface area contributed by atoms with E-state index < -0.39 is 0 Å². The number of amides is 1. The van der Waals surface area contributed by atoms with E-state index in [0.29, 0.717) is 0 Å². The monoisotopic (exact) mass is 231 g/mol. The highest BCUT2D eigenvalue weighted by Crippen LogP contribution is 2.03. The fraction of sp³-hybridized carbons (Fsp3) is 0.167. The predicted octanol–water partition coefficient (Wildman–Crippen LogP) is 1.69. The zero-order chi connectivity index (χ0) is 12.3. The summed E-state index contributed by atoms with van der Waals surface area (Å²) >= 11 is 0. The van der Waals surface area contributed by atoms with Crippen molar-refractivity contribution in [3.8, 4) is 0 Å². The average molecular weight is 231 g/mol. The Kier molecular flexibility index (Phi) is 3.09. The topological polar surface area (TPSA) is 59.5 Å². The van der Waals surface area contributed by atoms with Gasteiger partial charge in [-0.2, -0.15) is 5.10 Å². The molecule has 2 aromatic rings. The van der Waals surface area contributed by atoms with Gasteiger partial charge in [0.15, 0.2) is 5.76 Å². The fourth-order valence-corrected chi connectivity index (χ4v) is 1.38. The second kappa shape index (κ2) is 4.69. The average Bonchev–Trinajstić information content (AvgIpc) is 2.93. The van der Waals surface area contributed by atoms with Crippen LogP contribution in [-0.4, -0.2) is 16.7 Å². The summed E-state index contributed by atoms with van der Waals surface area (Å²) in [5.74, 6) is -0.123. The van der Waals surface area contributed by atoms with Gasteiger partial charge in [0.25, 0.3) is 0 Å². The molecule has 5 heteroatoms. The van der Waals surface area contributed by atoms with Gasteiger partial charge in [-0.1, -0.05) is 0 Å². The maximum Gasteiger partial charge on any atom is 0.307 e. The highest BCUT2D eigenvalue weighted by atomic mass is 16.3. The molecule has 2 aromatic heterocycles. The van der Waals surface area contributed by atoms with Crippen molar-refractivity contribution in [2.45, 2.75) is 6.92 Å². The lowest BCUT2D eigenvalue weighted by Gasteiger charge is -1.99. The molecule has 88 valence electrons. The van der Waals surface area contributed by atoms with Crippen molar-refractivity contribution in [3.05, 3.63) is 47.7 Å². The lowest BCUT2D eigenvalue weighted by Crippen LogP contribution is -2.17. The van der Waals surface area contributed by atoms with E-state index in [2.05, 4.69) is 10.5 Å². The van der Waals surface area contributed by atoms with Crippen LogP contribution in [0.2, 0.25) is 0 Å². The Labute approximate surface area is 98.7 Å². The van der Waals surface area contributed by atoms with Crippen molar-refractivity contribution in [2.24, 2.45) is 12.1 Å². The molecular formula is C12H13N3O2. The molecule has 5 nitrogen and oxygen atoms in total. The summed E-state index contributed by atoms with van der Waals surface area (Å²) in [7, 11) is 1.94. The SMILES string of the molecule is Cc1ccc(/C=N\NC(=O)c2ccco2)n1C. The third-order valence-electron chi connectivity index (χ3n) is 2.52. The van der Waals surface area contributed by atoms with Gasteiger partial charge in [-0.25, -0.2) is 5.43 Å². The maximum atomic E-state index is 11.5. The zero-order valence-corrected chi connectivity index (χ0v) is 9.68. The Morgan fingerprint density at radius 3 is 2.88 bits per heavy atom. The summed E-state index contributed by atoms with van der Waals surface area (Å²) in [6.45, 7) is 2.00. The summed E-state index contributed by atoms with van der Waals surface area (Å²) in [6.07, 6.45) is 3.03. The molecule has 0 saturated heterocycles. The van der Waals surface area contributed by atoms with E-state index in [4.69, 9.17) is 4.42 Å². The Hall–Kier alpha value is -2.30. The smallest absolute Gasteiger partial charge is 0.307 e. The molecule has 17 heavy (non-hydrogen) atoms. The Balaban J connectivity index is 1.99. The second-order valence-electron chi connectivity index (χ2n) is 3.64. The van der Waals surface area contributed by atoms with Gasteiger partial charge in [0.2, 0.25) is 0 Å². The van der Waals surface area contributed by atoms with Crippen LogP contribution in [0.5, 0.6) is 0 Å². The normalized spacial score (nSPS) is 10.9. The van der Waals surface area contributed by atoms with Crippen LogP contribution in [0.25, 0.3) is 0 Å². The van der Waals surface area contributed by atoms with Crippen LogP contribution in [0.15, 0.2) is 40.0 Å². The third-order valence-corrected chi connectivity index (χ3v) is 2.52. The Morgan fingerprint density at radius 2 is 2.29 bits per heavy atom. The first-order valence-corrected chi connectivity index (χ1v) is 5.17. The molecule has 0 fully saturated rings. The standard InChI is InChI=1S/C12H13N3O2/c1-9-5-6-10(15(9)2)8-13-14-12(16)11-4-3-7-17-11/h3-8H,1-2H3,(H,14,16)/b13-8-. The number of nitrogens with zero attached hydrogens (tertiary/aromatic N) is 2. The summed E-state index contributed by atoms with van der Waals surface area (Å²) in [6, 6.07) is 7.14. The Morgan fingerprint density at radius 1 is 1.47 bits per heavy atom. The summed E-state index contributed by atoms with van der Waals surface area (Å²) < 4.78 is 6.91. The quantitative estimate of drug-likeness (QED) is 0.645. The number of aryl methyl sites for hydroxylation is 1. The van der Waals surface area contributed by atoms with Gasteiger partial charge in [0, 0.05) is 12.7 Å². The van der Waals surface area contributed by atoms with Crippen LogP contribution in [0, 0.1) is 6.92 Å². The molecule has 0 unspecified atom stereocenters. The van der Waals surface area contributed by atoms with Crippen molar-refractivity contribution in [1.29, 1.82) is 0 Å². The van der Waals surface area contributed by atoms with Crippen LogP contribution in [0.4, 0.5) is 0 Å². The van der Waals surface area contributed by atoms with Gasteiger partial charge in [-0.3, -0.25) is 4.79 Å². The number of hydrazone groups is 1. The van der Waals surface area contributed by atoms with Gasteiger partial charge in [0.05, 0.1) is 18.2 Å². The molecule has 2 heterocycles. The number of aromatic nitrogens is 1. The molecule has 0 saturated carbocycles. The minimum atomic E-state index is -0.364. The van der Waals surface area contributed by atoms with E-state index in [-0.39, 0.29) is 11.7 Å². The van der Waals surface area contributed by atoms with Gasteiger partial charge < -0.3 is 8.98 Å². The minimum absolute atomic E-state index is 0.241. The Bertz CT molecular complexity index is 538. The molecule has 0 aromatic carbocycles. The van der Waals surface area contributed by atoms with E-state index in [9.17, 15) is 4.79 Å². The van der Waals surface area contributed by atoms with Gasteiger partial charge in [-0.05, 0) is 31.2 Å². The van der Waals surface area contributed by atoms with Crippen LogP contribution in [0.1, 0.15) is 21.9 Å². The molecule has 0 atom stereocenters. The van der Waals surface area contributed by atoms with Gasteiger partial charge in [0.1, 0.15) is 0 Å². The molecule has 0 aliphatic rings. The van der Waals surface area contributed by atoms with Crippen molar-refractivity contribution >= 4 is 12.1 Å². The van der Waals surface area contributed by atoms with Crippen molar-refractivity contribution in [3.63, 3.8) is 0 Å². The number of carbonyl (C=O) groups excluding carboxylic acids is 1. The van der Waals surface area contributed by atoms with E-state index in [1.165, 1.54) is 6.26 Å². The lowest BCUT2D eigenvalue weighted by molar-refractivity contribution is 0.0927. The minimum Gasteiger partial charge on any atom is -0.459 e. The first-order valence-electron chi connectivity index (χ1n) is 5.17. The number of rotatable bonds is 3. The molecule has 0 radical (unpaired) electrons. The van der Waals surface area contributed by atoms with Crippen LogP contribution in [-0.2, 0) is 7.05 Å². The van der Waals surface area contributed by atoms with Crippen molar-refractivity contribution in [2.75, 3.05) is 0 Å². The largest absolute Gasteiger partial charge is 0.459 e. The number of hydrogen-bond acceptors (Lipinski definition) is 3. The van der Waals surface area contributed by atoms with Gasteiger partial charge >= 0.3 is 5.91 Å². The van der Waals surface area contributed by atoms with Crippen molar-refractivity contribution < 1.29 is 9.21 Å². The van der Waals surface area contributed by atoms with Crippen LogP contribution >= 0.6 is 0 Å². The maximum absolute atomic E-state index is 11.5. The van der Waals surface area contributed by atoms with E-state index >= 15 is 0 Å². The molecular weight excluding hydrogens is 218 g/mol. The van der Waals surface area contributed by atoms with Crippen LogP contribution in [0.3, 0.4) is 0 Å². The first-order chi connectivity index (χ1) is 8.18. The number of carbonyl (C=O) groups is 1. The summed E-state index contributed by atoms with van der Waals surface area (Å²) in [5.41, 5.74) is 4.44. The molecule has 0 bridgehead atoms. The summed E-state index contributed by atoms with van der Waals surface area (Å²) in [4.78, 5) is 11.5. The highest BCUT2D eigenvalue weighted by molar-refractivity contribution is 5.92. The zero-order valence-electron chi connectivity index (χ0n) is 9.68. The first kappa shape index (κ1) is 11.2. The molecule has 2 rings (SSSR count). The van der Waals surface area contributed by atoms with Crippen molar-refractivity contribution in [1.82, 2.24) is 9.99 Å². The number of hydrogen-bond donors (Lipinski definition) is 1. The molecule has 0 aliphatic heterocycles. The van der Waals surface area contributed by atoms with E-state index in [0.717, 1.165) is 11.4 Å². The second-order valence-corrected chi connectivity index (χ2v) is 3.64. The molecule has 0 spiro atoms. The molecule has 0 aliphatic carbocycles. The third kappa shape index (κ3) is 2.44. The molecule has 1 amide bonds. The number of furan rings is 1.